The number of aromatic nitrogens is 2. The number of likely N-dealkylation sites (tertiary alicyclic amines) is 1. The molecular weight excluding hydrogens is 420 g/mol. The van der Waals surface area contributed by atoms with Crippen molar-refractivity contribution in [2.24, 2.45) is 5.41 Å². The number of hydrogen-bond donors (Lipinski definition) is 2. The molecular formula is C25H36N4O4. The van der Waals surface area contributed by atoms with Crippen molar-refractivity contribution in [3.05, 3.63) is 36.2 Å². The summed E-state index contributed by atoms with van der Waals surface area (Å²) >= 11 is 0. The highest BCUT2D eigenvalue weighted by Gasteiger charge is 2.46. The zero-order valence-corrected chi connectivity index (χ0v) is 19.8. The standard InChI is InChI=1S/C25H36N4O4/c1-32-22-6-7-23(33-2)19(14-22)4-3-5-24(31)28-17-25(18-28)10-8-20(9-11-25)27-21-15-26-29(16-21)12-13-30/h6-7,14-16,20,27,30H,3-5,8-13,17-18H2,1-2H3. The van der Waals surface area contributed by atoms with Gasteiger partial charge < -0.3 is 24.8 Å². The summed E-state index contributed by atoms with van der Waals surface area (Å²) < 4.78 is 12.5. The molecule has 8 nitrogen and oxygen atoms in total. The molecule has 1 aliphatic heterocycles. The van der Waals surface area contributed by atoms with Crippen molar-refractivity contribution in [1.29, 1.82) is 0 Å². The molecule has 1 amide bonds. The zero-order valence-electron chi connectivity index (χ0n) is 19.8. The highest BCUT2D eigenvalue weighted by atomic mass is 16.5. The number of nitrogens with one attached hydrogen (secondary N) is 1. The van der Waals surface area contributed by atoms with Crippen LogP contribution >= 0.6 is 0 Å². The second kappa shape index (κ2) is 10.5. The highest BCUT2D eigenvalue weighted by molar-refractivity contribution is 5.77. The predicted octanol–water partition coefficient (Wildman–Crippen LogP) is 3.10. The van der Waals surface area contributed by atoms with E-state index in [0.717, 1.165) is 74.4 Å². The average Bonchev–Trinajstić information content (AvgIpc) is 3.25. The molecule has 1 aromatic carbocycles. The summed E-state index contributed by atoms with van der Waals surface area (Å²) in [6, 6.07) is 6.25. The molecule has 33 heavy (non-hydrogen) atoms. The van der Waals surface area contributed by atoms with Crippen LogP contribution < -0.4 is 14.8 Å². The lowest BCUT2D eigenvalue weighted by Gasteiger charge is -2.53. The minimum atomic E-state index is 0.0947. The smallest absolute Gasteiger partial charge is 0.222 e. The summed E-state index contributed by atoms with van der Waals surface area (Å²) in [6.45, 7) is 2.41. The van der Waals surface area contributed by atoms with Crippen LogP contribution in [0.1, 0.15) is 44.1 Å². The average molecular weight is 457 g/mol. The summed E-state index contributed by atoms with van der Waals surface area (Å²) in [4.78, 5) is 14.7. The third kappa shape index (κ3) is 5.61. The van der Waals surface area contributed by atoms with Gasteiger partial charge in [-0.25, -0.2) is 0 Å². The molecule has 1 aromatic heterocycles. The summed E-state index contributed by atoms with van der Waals surface area (Å²) in [6.07, 6.45) is 10.5. The number of ether oxygens (including phenoxy) is 2. The molecule has 0 atom stereocenters. The minimum absolute atomic E-state index is 0.0947. The molecule has 0 unspecified atom stereocenters. The first-order chi connectivity index (χ1) is 16.0. The molecule has 2 aliphatic rings. The Hall–Kier alpha value is -2.74. The van der Waals surface area contributed by atoms with Crippen LogP contribution in [0.3, 0.4) is 0 Å². The zero-order chi connectivity index (χ0) is 23.3. The van der Waals surface area contributed by atoms with Crippen molar-refractivity contribution in [3.63, 3.8) is 0 Å². The van der Waals surface area contributed by atoms with Gasteiger partial charge in [0.2, 0.25) is 5.91 Å². The molecule has 180 valence electrons. The summed E-state index contributed by atoms with van der Waals surface area (Å²) in [7, 11) is 3.33. The van der Waals surface area contributed by atoms with E-state index in [4.69, 9.17) is 14.6 Å². The van der Waals surface area contributed by atoms with Gasteiger partial charge in [-0.1, -0.05) is 0 Å². The fourth-order valence-corrected chi connectivity index (χ4v) is 5.19. The van der Waals surface area contributed by atoms with Gasteiger partial charge >= 0.3 is 0 Å². The maximum atomic E-state index is 12.7. The van der Waals surface area contributed by atoms with Crippen LogP contribution in [-0.4, -0.2) is 65.7 Å². The number of nitrogens with zero attached hydrogens (tertiary/aromatic N) is 3. The van der Waals surface area contributed by atoms with Gasteiger partial charge in [-0.3, -0.25) is 9.48 Å². The number of aliphatic hydroxyl groups is 1. The van der Waals surface area contributed by atoms with Crippen LogP contribution in [0.2, 0.25) is 0 Å². The Morgan fingerprint density at radius 2 is 2.03 bits per heavy atom. The number of anilines is 1. The van der Waals surface area contributed by atoms with E-state index in [9.17, 15) is 4.79 Å². The lowest BCUT2D eigenvalue weighted by atomic mass is 9.67. The van der Waals surface area contributed by atoms with E-state index in [1.54, 1.807) is 18.9 Å². The van der Waals surface area contributed by atoms with Gasteiger partial charge in [0.15, 0.2) is 0 Å². The SMILES string of the molecule is COc1ccc(OC)c(CCCC(=O)N2CC3(CCC(Nc4cnn(CCO)c4)CC3)C2)c1. The minimum Gasteiger partial charge on any atom is -0.497 e. The van der Waals surface area contributed by atoms with E-state index in [0.29, 0.717) is 24.4 Å². The molecule has 2 fully saturated rings. The third-order valence-electron chi connectivity index (χ3n) is 7.11. The van der Waals surface area contributed by atoms with Crippen LogP contribution in [0.15, 0.2) is 30.6 Å². The van der Waals surface area contributed by atoms with Crippen molar-refractivity contribution >= 4 is 11.6 Å². The number of aliphatic hydroxyl groups excluding tert-OH is 1. The number of amides is 1. The number of methoxy groups -OCH3 is 2. The molecule has 1 saturated heterocycles. The Balaban J connectivity index is 1.18. The van der Waals surface area contributed by atoms with Crippen LogP contribution in [0.5, 0.6) is 11.5 Å². The lowest BCUT2D eigenvalue weighted by Crippen LogP contribution is -2.60. The molecule has 4 rings (SSSR count). The van der Waals surface area contributed by atoms with Crippen LogP contribution in [0, 0.1) is 5.41 Å². The number of benzene rings is 1. The number of carbonyl (C=O) groups is 1. The first kappa shape index (κ1) is 23.4. The van der Waals surface area contributed by atoms with Crippen molar-refractivity contribution < 1.29 is 19.4 Å². The number of aryl methyl sites for hydroxylation is 1. The van der Waals surface area contributed by atoms with E-state index < -0.39 is 0 Å². The summed E-state index contributed by atoms with van der Waals surface area (Å²) in [5.41, 5.74) is 2.41. The molecule has 0 bridgehead atoms. The fourth-order valence-electron chi connectivity index (χ4n) is 5.19. The number of carbonyl (C=O) groups excluding carboxylic acids is 1. The maximum Gasteiger partial charge on any atom is 0.222 e. The van der Waals surface area contributed by atoms with E-state index in [-0.39, 0.29) is 12.5 Å². The lowest BCUT2D eigenvalue weighted by molar-refractivity contribution is -0.145. The molecule has 2 heterocycles. The molecule has 0 radical (unpaired) electrons. The van der Waals surface area contributed by atoms with Crippen molar-refractivity contribution in [2.75, 3.05) is 39.2 Å². The molecule has 2 N–H and O–H groups in total. The van der Waals surface area contributed by atoms with E-state index in [1.807, 2.05) is 35.5 Å². The fraction of sp³-hybridized carbons (Fsp3) is 0.600. The molecule has 8 heteroatoms. The molecule has 2 aromatic rings. The maximum absolute atomic E-state index is 12.7. The Labute approximate surface area is 195 Å². The quantitative estimate of drug-likeness (QED) is 0.571. The summed E-state index contributed by atoms with van der Waals surface area (Å²) in [5.74, 6) is 1.92. The summed E-state index contributed by atoms with van der Waals surface area (Å²) in [5, 5.41) is 16.9. The number of rotatable bonds is 10. The van der Waals surface area contributed by atoms with E-state index in [2.05, 4.69) is 10.4 Å². The second-order valence-corrected chi connectivity index (χ2v) is 9.42. The normalized spacial score (nSPS) is 17.6. The van der Waals surface area contributed by atoms with Crippen LogP contribution in [0.4, 0.5) is 5.69 Å². The van der Waals surface area contributed by atoms with Gasteiger partial charge in [0.25, 0.3) is 0 Å². The topological polar surface area (TPSA) is 88.9 Å². The first-order valence-corrected chi connectivity index (χ1v) is 11.9. The van der Waals surface area contributed by atoms with Gasteiger partial charge in [0.1, 0.15) is 11.5 Å². The number of hydrogen-bond acceptors (Lipinski definition) is 6. The monoisotopic (exact) mass is 456 g/mol. The van der Waals surface area contributed by atoms with Gasteiger partial charge in [0, 0.05) is 37.2 Å². The van der Waals surface area contributed by atoms with Crippen molar-refractivity contribution in [2.45, 2.75) is 57.5 Å². The molecule has 1 saturated carbocycles. The largest absolute Gasteiger partial charge is 0.497 e. The van der Waals surface area contributed by atoms with Gasteiger partial charge in [-0.05, 0) is 62.3 Å². The van der Waals surface area contributed by atoms with E-state index >= 15 is 0 Å². The van der Waals surface area contributed by atoms with Gasteiger partial charge in [-0.2, -0.15) is 5.10 Å². The Bertz CT molecular complexity index is 928. The van der Waals surface area contributed by atoms with Crippen LogP contribution in [-0.2, 0) is 17.8 Å². The second-order valence-electron chi connectivity index (χ2n) is 9.42. The van der Waals surface area contributed by atoms with Crippen LogP contribution in [0.25, 0.3) is 0 Å². The van der Waals surface area contributed by atoms with Gasteiger partial charge in [0.05, 0.1) is 39.3 Å². The predicted molar refractivity (Wildman–Crippen MR) is 127 cm³/mol. The van der Waals surface area contributed by atoms with Crippen molar-refractivity contribution in [3.8, 4) is 11.5 Å². The third-order valence-corrected chi connectivity index (χ3v) is 7.11. The van der Waals surface area contributed by atoms with Crippen molar-refractivity contribution in [1.82, 2.24) is 14.7 Å². The Morgan fingerprint density at radius 3 is 2.73 bits per heavy atom. The molecule has 1 spiro atoms. The highest BCUT2D eigenvalue weighted by Crippen LogP contribution is 2.44. The van der Waals surface area contributed by atoms with E-state index in [1.165, 1.54) is 0 Å². The Kier molecular flexibility index (Phi) is 7.42. The van der Waals surface area contributed by atoms with Gasteiger partial charge in [-0.15, -0.1) is 0 Å². The Morgan fingerprint density at radius 1 is 1.24 bits per heavy atom. The first-order valence-electron chi connectivity index (χ1n) is 11.9. The molecule has 1 aliphatic carbocycles.